The minimum Gasteiger partial charge on any atom is -0.409 e. The molecule has 0 radical (unpaired) electrons. The quantitative estimate of drug-likeness (QED) is 0.334. The standard InChI is InChI=1S/C14H21FN4O/c1-19-6-4-12(5-7-19)17-9-11-3-2-10(8-13(11)15)14(16)18-20/h2-3,8,12,17,20H,4-7,9H2,1H3,(H2,16,18). The summed E-state index contributed by atoms with van der Waals surface area (Å²) in [7, 11) is 2.11. The van der Waals surface area contributed by atoms with Gasteiger partial charge in [0.2, 0.25) is 0 Å². The molecule has 0 bridgehead atoms. The van der Waals surface area contributed by atoms with Gasteiger partial charge in [-0.15, -0.1) is 0 Å². The summed E-state index contributed by atoms with van der Waals surface area (Å²) >= 11 is 0. The average Bonchev–Trinajstić information content (AvgIpc) is 2.46. The van der Waals surface area contributed by atoms with Crippen molar-refractivity contribution < 1.29 is 9.60 Å². The van der Waals surface area contributed by atoms with Crippen LogP contribution in [0.2, 0.25) is 0 Å². The van der Waals surface area contributed by atoms with Gasteiger partial charge in [0, 0.05) is 23.7 Å². The third-order valence-corrected chi connectivity index (χ3v) is 3.76. The lowest BCUT2D eigenvalue weighted by atomic mass is 10.0. The van der Waals surface area contributed by atoms with E-state index in [-0.39, 0.29) is 11.7 Å². The van der Waals surface area contributed by atoms with Crippen LogP contribution in [0, 0.1) is 5.82 Å². The first kappa shape index (κ1) is 14.7. The smallest absolute Gasteiger partial charge is 0.170 e. The summed E-state index contributed by atoms with van der Waals surface area (Å²) in [6.07, 6.45) is 2.17. The monoisotopic (exact) mass is 280 g/mol. The first-order chi connectivity index (χ1) is 9.60. The fourth-order valence-corrected chi connectivity index (χ4v) is 2.37. The van der Waals surface area contributed by atoms with Crippen molar-refractivity contribution in [3.63, 3.8) is 0 Å². The Morgan fingerprint density at radius 2 is 2.20 bits per heavy atom. The number of piperidine rings is 1. The molecule has 2 rings (SSSR count). The van der Waals surface area contributed by atoms with E-state index in [1.165, 1.54) is 6.07 Å². The Bertz CT molecular complexity index is 484. The van der Waals surface area contributed by atoms with Crippen LogP contribution in [0.15, 0.2) is 23.4 Å². The summed E-state index contributed by atoms with van der Waals surface area (Å²) < 4.78 is 13.9. The Hall–Kier alpha value is -1.66. The summed E-state index contributed by atoms with van der Waals surface area (Å²) in [5.41, 5.74) is 6.41. The van der Waals surface area contributed by atoms with Crippen molar-refractivity contribution in [2.24, 2.45) is 10.9 Å². The Balaban J connectivity index is 1.93. The van der Waals surface area contributed by atoms with Crippen LogP contribution < -0.4 is 11.1 Å². The van der Waals surface area contributed by atoms with Crippen LogP contribution >= 0.6 is 0 Å². The minimum absolute atomic E-state index is 0.0845. The molecule has 0 atom stereocenters. The number of amidine groups is 1. The van der Waals surface area contributed by atoms with Gasteiger partial charge >= 0.3 is 0 Å². The first-order valence-electron chi connectivity index (χ1n) is 6.78. The van der Waals surface area contributed by atoms with Crippen molar-refractivity contribution in [2.75, 3.05) is 20.1 Å². The second-order valence-corrected chi connectivity index (χ2v) is 5.25. The van der Waals surface area contributed by atoms with Gasteiger partial charge < -0.3 is 21.2 Å². The second kappa shape index (κ2) is 6.67. The van der Waals surface area contributed by atoms with Crippen LogP contribution in [-0.2, 0) is 6.54 Å². The third-order valence-electron chi connectivity index (χ3n) is 3.76. The SMILES string of the molecule is CN1CCC(NCc2ccc(C(N)=NO)cc2F)CC1. The highest BCUT2D eigenvalue weighted by molar-refractivity contribution is 5.97. The van der Waals surface area contributed by atoms with E-state index in [1.54, 1.807) is 12.1 Å². The minimum atomic E-state index is -0.338. The zero-order valence-electron chi connectivity index (χ0n) is 11.6. The largest absolute Gasteiger partial charge is 0.409 e. The molecular weight excluding hydrogens is 259 g/mol. The van der Waals surface area contributed by atoms with Crippen molar-refractivity contribution in [3.8, 4) is 0 Å². The molecule has 110 valence electrons. The third kappa shape index (κ3) is 3.68. The van der Waals surface area contributed by atoms with Crippen molar-refractivity contribution in [2.45, 2.75) is 25.4 Å². The summed E-state index contributed by atoms with van der Waals surface area (Å²) in [5, 5.41) is 14.8. The summed E-state index contributed by atoms with van der Waals surface area (Å²) in [6, 6.07) is 5.06. The molecule has 1 aliphatic rings. The van der Waals surface area contributed by atoms with E-state index in [4.69, 9.17) is 10.9 Å². The molecule has 0 aromatic heterocycles. The first-order valence-corrected chi connectivity index (χ1v) is 6.78. The van der Waals surface area contributed by atoms with Gasteiger partial charge in [-0.2, -0.15) is 0 Å². The lowest BCUT2D eigenvalue weighted by molar-refractivity contribution is 0.233. The molecule has 0 saturated carbocycles. The molecule has 1 aromatic rings. The Kier molecular flexibility index (Phi) is 4.92. The van der Waals surface area contributed by atoms with Crippen LogP contribution in [0.25, 0.3) is 0 Å². The van der Waals surface area contributed by atoms with Crippen LogP contribution in [0.3, 0.4) is 0 Å². The lowest BCUT2D eigenvalue weighted by Gasteiger charge is -2.29. The molecule has 4 N–H and O–H groups in total. The van der Waals surface area contributed by atoms with Crippen molar-refractivity contribution >= 4 is 5.84 Å². The zero-order valence-corrected chi connectivity index (χ0v) is 11.6. The topological polar surface area (TPSA) is 73.9 Å². The van der Waals surface area contributed by atoms with Gasteiger partial charge in [0.1, 0.15) is 5.82 Å². The summed E-state index contributed by atoms with van der Waals surface area (Å²) in [6.45, 7) is 2.64. The van der Waals surface area contributed by atoms with Gasteiger partial charge in [-0.05, 0) is 39.0 Å². The predicted molar refractivity (Wildman–Crippen MR) is 76.3 cm³/mol. The number of halogens is 1. The Labute approximate surface area is 118 Å². The number of hydrogen-bond acceptors (Lipinski definition) is 4. The number of nitrogens with zero attached hydrogens (tertiary/aromatic N) is 2. The van der Waals surface area contributed by atoms with Gasteiger partial charge in [-0.1, -0.05) is 17.3 Å². The molecule has 1 saturated heterocycles. The highest BCUT2D eigenvalue weighted by atomic mass is 19.1. The summed E-state index contributed by atoms with van der Waals surface area (Å²) in [5.74, 6) is -0.423. The number of oxime groups is 1. The van der Waals surface area contributed by atoms with Gasteiger partial charge in [0.15, 0.2) is 5.84 Å². The van der Waals surface area contributed by atoms with Gasteiger partial charge in [-0.3, -0.25) is 0 Å². The number of nitrogens with one attached hydrogen (secondary N) is 1. The van der Waals surface area contributed by atoms with E-state index in [2.05, 4.69) is 22.4 Å². The van der Waals surface area contributed by atoms with Crippen LogP contribution in [0.1, 0.15) is 24.0 Å². The van der Waals surface area contributed by atoms with E-state index >= 15 is 0 Å². The Morgan fingerprint density at radius 3 is 2.80 bits per heavy atom. The summed E-state index contributed by atoms with van der Waals surface area (Å²) in [4.78, 5) is 2.30. The molecule has 5 nitrogen and oxygen atoms in total. The number of likely N-dealkylation sites (tertiary alicyclic amines) is 1. The highest BCUT2D eigenvalue weighted by Gasteiger charge is 2.16. The number of benzene rings is 1. The van der Waals surface area contributed by atoms with E-state index in [1.807, 2.05) is 0 Å². The zero-order chi connectivity index (χ0) is 14.5. The van der Waals surface area contributed by atoms with E-state index < -0.39 is 0 Å². The van der Waals surface area contributed by atoms with Gasteiger partial charge in [-0.25, -0.2) is 4.39 Å². The highest BCUT2D eigenvalue weighted by Crippen LogP contribution is 2.13. The van der Waals surface area contributed by atoms with Crippen LogP contribution in [0.4, 0.5) is 4.39 Å². The molecule has 0 unspecified atom stereocenters. The second-order valence-electron chi connectivity index (χ2n) is 5.25. The molecular formula is C14H21FN4O. The maximum Gasteiger partial charge on any atom is 0.170 e. The van der Waals surface area contributed by atoms with Crippen molar-refractivity contribution in [1.29, 1.82) is 0 Å². The van der Waals surface area contributed by atoms with E-state index in [9.17, 15) is 4.39 Å². The molecule has 1 aromatic carbocycles. The fourth-order valence-electron chi connectivity index (χ4n) is 2.37. The molecule has 0 spiro atoms. The van der Waals surface area contributed by atoms with Crippen molar-refractivity contribution in [3.05, 3.63) is 35.1 Å². The molecule has 1 aliphatic heterocycles. The molecule has 0 aliphatic carbocycles. The molecule has 20 heavy (non-hydrogen) atoms. The molecule has 1 heterocycles. The van der Waals surface area contributed by atoms with Crippen LogP contribution in [-0.4, -0.2) is 42.1 Å². The van der Waals surface area contributed by atoms with E-state index in [0.717, 1.165) is 25.9 Å². The van der Waals surface area contributed by atoms with E-state index in [0.29, 0.717) is 23.7 Å². The fraction of sp³-hybridized carbons (Fsp3) is 0.500. The number of nitrogens with two attached hydrogens (primary N) is 1. The Morgan fingerprint density at radius 1 is 1.50 bits per heavy atom. The number of hydrogen-bond donors (Lipinski definition) is 3. The average molecular weight is 280 g/mol. The molecule has 1 fully saturated rings. The maximum atomic E-state index is 13.9. The maximum absolute atomic E-state index is 13.9. The normalized spacial score (nSPS) is 18.4. The molecule has 6 heteroatoms. The predicted octanol–water partition coefficient (Wildman–Crippen LogP) is 1.10. The van der Waals surface area contributed by atoms with Gasteiger partial charge in [0.25, 0.3) is 0 Å². The van der Waals surface area contributed by atoms with Crippen molar-refractivity contribution in [1.82, 2.24) is 10.2 Å². The van der Waals surface area contributed by atoms with Crippen LogP contribution in [0.5, 0.6) is 0 Å². The number of rotatable bonds is 4. The lowest BCUT2D eigenvalue weighted by Crippen LogP contribution is -2.40. The van der Waals surface area contributed by atoms with Gasteiger partial charge in [0.05, 0.1) is 0 Å². The molecule has 0 amide bonds.